The van der Waals surface area contributed by atoms with Gasteiger partial charge in [-0.05, 0) is 37.6 Å². The van der Waals surface area contributed by atoms with E-state index in [1.165, 1.54) is 6.07 Å². The zero-order chi connectivity index (χ0) is 17.9. The molecule has 1 fully saturated rings. The third-order valence-electron chi connectivity index (χ3n) is 4.81. The molecule has 4 rings (SSSR count). The summed E-state index contributed by atoms with van der Waals surface area (Å²) in [5, 5.41) is 2.95. The van der Waals surface area contributed by atoms with E-state index < -0.39 is 0 Å². The van der Waals surface area contributed by atoms with Crippen LogP contribution in [-0.4, -0.2) is 36.6 Å². The first-order valence-corrected chi connectivity index (χ1v) is 8.89. The predicted octanol–water partition coefficient (Wildman–Crippen LogP) is 3.20. The number of likely N-dealkylation sites (tertiary alicyclic amines) is 1. The lowest BCUT2D eigenvalue weighted by Crippen LogP contribution is -2.39. The second kappa shape index (κ2) is 7.33. The van der Waals surface area contributed by atoms with Crippen molar-refractivity contribution >= 4 is 11.6 Å². The van der Waals surface area contributed by atoms with Crippen LogP contribution in [0.25, 0.3) is 0 Å². The molecule has 1 unspecified atom stereocenters. The first-order chi connectivity index (χ1) is 12.7. The van der Waals surface area contributed by atoms with E-state index in [0.717, 1.165) is 19.4 Å². The van der Waals surface area contributed by atoms with Crippen LogP contribution in [0.4, 0.5) is 10.1 Å². The van der Waals surface area contributed by atoms with Crippen LogP contribution in [0.1, 0.15) is 18.4 Å². The lowest BCUT2D eigenvalue weighted by atomic mass is 10.1. The number of ether oxygens (including phenoxy) is 2. The van der Waals surface area contributed by atoms with E-state index in [4.69, 9.17) is 9.47 Å². The Kier molecular flexibility index (Phi) is 4.75. The third kappa shape index (κ3) is 3.51. The Morgan fingerprint density at radius 2 is 1.96 bits per heavy atom. The van der Waals surface area contributed by atoms with Crippen molar-refractivity contribution in [2.24, 2.45) is 0 Å². The van der Waals surface area contributed by atoms with Gasteiger partial charge in [0, 0.05) is 23.9 Å². The number of carbonyl (C=O) groups is 1. The van der Waals surface area contributed by atoms with Gasteiger partial charge in [0.15, 0.2) is 11.5 Å². The molecule has 2 aliphatic rings. The summed E-state index contributed by atoms with van der Waals surface area (Å²) in [6, 6.07) is 11.8. The topological polar surface area (TPSA) is 50.8 Å². The number of amides is 1. The van der Waals surface area contributed by atoms with Gasteiger partial charge in [0.25, 0.3) is 0 Å². The molecule has 136 valence electrons. The van der Waals surface area contributed by atoms with Crippen LogP contribution in [-0.2, 0) is 11.3 Å². The number of fused-ring (bicyclic) bond motifs is 1. The lowest BCUT2D eigenvalue weighted by molar-refractivity contribution is -0.120. The van der Waals surface area contributed by atoms with Crippen molar-refractivity contribution in [3.05, 3.63) is 53.8 Å². The minimum Gasteiger partial charge on any atom is -0.486 e. The number of nitrogens with zero attached hydrogens (tertiary/aromatic N) is 1. The first kappa shape index (κ1) is 16.8. The molecular weight excluding hydrogens is 335 g/mol. The van der Waals surface area contributed by atoms with E-state index in [-0.39, 0.29) is 17.8 Å². The van der Waals surface area contributed by atoms with Gasteiger partial charge < -0.3 is 14.8 Å². The van der Waals surface area contributed by atoms with Crippen molar-refractivity contribution in [2.45, 2.75) is 25.4 Å². The Morgan fingerprint density at radius 3 is 2.81 bits per heavy atom. The molecule has 6 heteroatoms. The number of carbonyl (C=O) groups excluding carboxylic acids is 1. The quantitative estimate of drug-likeness (QED) is 0.914. The van der Waals surface area contributed by atoms with Crippen LogP contribution in [0, 0.1) is 5.82 Å². The Morgan fingerprint density at radius 1 is 1.15 bits per heavy atom. The minimum absolute atomic E-state index is 0.0736. The van der Waals surface area contributed by atoms with Crippen LogP contribution in [0.2, 0.25) is 0 Å². The molecule has 0 aromatic heterocycles. The Bertz CT molecular complexity index is 811. The third-order valence-corrected chi connectivity index (χ3v) is 4.81. The summed E-state index contributed by atoms with van der Waals surface area (Å²) in [5.74, 6) is 1.03. The SMILES string of the molecule is O=C(Nc1ccc2c(c1)OCCO2)C1CCCN1Cc1ccccc1F. The standard InChI is InChI=1S/C20H21FN2O3/c21-16-5-2-1-4-14(16)13-23-9-3-6-17(23)20(24)22-15-7-8-18-19(12-15)26-11-10-25-18/h1-2,4-5,7-8,12,17H,3,6,9-11,13H2,(H,22,24). The number of hydrogen-bond donors (Lipinski definition) is 1. The number of hydrogen-bond acceptors (Lipinski definition) is 4. The summed E-state index contributed by atoms with van der Waals surface area (Å²) in [4.78, 5) is 14.8. The Hall–Kier alpha value is -2.60. The number of anilines is 1. The average molecular weight is 356 g/mol. The van der Waals surface area contributed by atoms with Crippen molar-refractivity contribution in [3.8, 4) is 11.5 Å². The minimum atomic E-state index is -0.261. The summed E-state index contributed by atoms with van der Waals surface area (Å²) >= 11 is 0. The first-order valence-electron chi connectivity index (χ1n) is 8.89. The fraction of sp³-hybridized carbons (Fsp3) is 0.350. The van der Waals surface area contributed by atoms with Gasteiger partial charge in [-0.15, -0.1) is 0 Å². The summed E-state index contributed by atoms with van der Waals surface area (Å²) in [6.45, 7) is 2.26. The van der Waals surface area contributed by atoms with Crippen LogP contribution in [0.15, 0.2) is 42.5 Å². The summed E-state index contributed by atoms with van der Waals surface area (Å²) in [6.07, 6.45) is 1.69. The number of rotatable bonds is 4. The lowest BCUT2D eigenvalue weighted by Gasteiger charge is -2.24. The van der Waals surface area contributed by atoms with Gasteiger partial charge in [0.05, 0.1) is 6.04 Å². The maximum Gasteiger partial charge on any atom is 0.241 e. The van der Waals surface area contributed by atoms with Crippen molar-refractivity contribution in [2.75, 3.05) is 25.1 Å². The van der Waals surface area contributed by atoms with E-state index in [1.807, 2.05) is 17.0 Å². The highest BCUT2D eigenvalue weighted by Crippen LogP contribution is 2.33. The summed E-state index contributed by atoms with van der Waals surface area (Å²) in [7, 11) is 0. The smallest absolute Gasteiger partial charge is 0.241 e. The van der Waals surface area contributed by atoms with Gasteiger partial charge in [0.1, 0.15) is 19.0 Å². The second-order valence-electron chi connectivity index (χ2n) is 6.57. The Balaban J connectivity index is 1.44. The van der Waals surface area contributed by atoms with E-state index in [0.29, 0.717) is 42.5 Å². The molecule has 0 radical (unpaired) electrons. The fourth-order valence-corrected chi connectivity index (χ4v) is 3.50. The van der Waals surface area contributed by atoms with E-state index in [9.17, 15) is 9.18 Å². The molecule has 1 atom stereocenters. The molecule has 0 saturated carbocycles. The van der Waals surface area contributed by atoms with E-state index in [2.05, 4.69) is 5.32 Å². The second-order valence-corrected chi connectivity index (χ2v) is 6.57. The fourth-order valence-electron chi connectivity index (χ4n) is 3.50. The highest BCUT2D eigenvalue weighted by molar-refractivity contribution is 5.95. The molecule has 2 heterocycles. The number of benzene rings is 2. The van der Waals surface area contributed by atoms with E-state index in [1.54, 1.807) is 24.3 Å². The van der Waals surface area contributed by atoms with Crippen molar-refractivity contribution in [1.29, 1.82) is 0 Å². The van der Waals surface area contributed by atoms with Gasteiger partial charge in [-0.25, -0.2) is 4.39 Å². The monoisotopic (exact) mass is 356 g/mol. The van der Waals surface area contributed by atoms with Gasteiger partial charge in [-0.2, -0.15) is 0 Å². The average Bonchev–Trinajstić information content (AvgIpc) is 3.12. The molecule has 2 aromatic carbocycles. The molecule has 0 bridgehead atoms. The van der Waals surface area contributed by atoms with Crippen LogP contribution in [0.5, 0.6) is 11.5 Å². The highest BCUT2D eigenvalue weighted by Gasteiger charge is 2.31. The molecule has 1 N–H and O–H groups in total. The zero-order valence-electron chi connectivity index (χ0n) is 14.4. The normalized spacial score (nSPS) is 19.3. The zero-order valence-corrected chi connectivity index (χ0v) is 14.4. The maximum atomic E-state index is 13.9. The largest absolute Gasteiger partial charge is 0.486 e. The number of halogens is 1. The summed E-state index contributed by atoms with van der Waals surface area (Å²) < 4.78 is 25.0. The molecule has 26 heavy (non-hydrogen) atoms. The molecule has 1 amide bonds. The van der Waals surface area contributed by atoms with Crippen molar-refractivity contribution in [1.82, 2.24) is 4.90 Å². The molecule has 2 aromatic rings. The van der Waals surface area contributed by atoms with Crippen LogP contribution >= 0.6 is 0 Å². The van der Waals surface area contributed by atoms with E-state index >= 15 is 0 Å². The van der Waals surface area contributed by atoms with Gasteiger partial charge >= 0.3 is 0 Å². The number of nitrogens with one attached hydrogen (secondary N) is 1. The van der Waals surface area contributed by atoms with Crippen molar-refractivity contribution < 1.29 is 18.7 Å². The maximum absolute atomic E-state index is 13.9. The van der Waals surface area contributed by atoms with Crippen LogP contribution < -0.4 is 14.8 Å². The van der Waals surface area contributed by atoms with Gasteiger partial charge in [-0.1, -0.05) is 18.2 Å². The van der Waals surface area contributed by atoms with Gasteiger partial charge in [0.2, 0.25) is 5.91 Å². The Labute approximate surface area is 151 Å². The molecular formula is C20H21FN2O3. The molecule has 2 aliphatic heterocycles. The summed E-state index contributed by atoms with van der Waals surface area (Å²) in [5.41, 5.74) is 1.29. The van der Waals surface area contributed by atoms with Gasteiger partial charge in [-0.3, -0.25) is 9.69 Å². The molecule has 1 saturated heterocycles. The molecule has 0 aliphatic carbocycles. The van der Waals surface area contributed by atoms with Crippen LogP contribution in [0.3, 0.4) is 0 Å². The molecule has 0 spiro atoms. The highest BCUT2D eigenvalue weighted by atomic mass is 19.1. The predicted molar refractivity (Wildman–Crippen MR) is 95.9 cm³/mol. The van der Waals surface area contributed by atoms with Crippen molar-refractivity contribution in [3.63, 3.8) is 0 Å². The molecule has 5 nitrogen and oxygen atoms in total.